The number of nitrogens with one attached hydrogen (secondary N) is 1. The lowest BCUT2D eigenvalue weighted by Gasteiger charge is -2.22. The molecule has 0 spiro atoms. The molecule has 4 nitrogen and oxygen atoms in total. The molecule has 0 aromatic carbocycles. The summed E-state index contributed by atoms with van der Waals surface area (Å²) in [5.74, 6) is -0.445. The summed E-state index contributed by atoms with van der Waals surface area (Å²) in [7, 11) is 0. The van der Waals surface area contributed by atoms with E-state index in [1.165, 1.54) is 0 Å². The van der Waals surface area contributed by atoms with Crippen molar-refractivity contribution in [1.82, 2.24) is 5.32 Å². The monoisotopic (exact) mass is 186 g/mol. The summed E-state index contributed by atoms with van der Waals surface area (Å²) in [6.07, 6.45) is 0.276. The first-order chi connectivity index (χ1) is 6.03. The lowest BCUT2D eigenvalue weighted by Crippen LogP contribution is -2.42. The molecule has 0 radical (unpaired) electrons. The zero-order valence-corrected chi connectivity index (χ0v) is 8.41. The van der Waals surface area contributed by atoms with Crippen molar-refractivity contribution < 1.29 is 9.47 Å². The summed E-state index contributed by atoms with van der Waals surface area (Å²) in [5, 5.41) is 3.37. The van der Waals surface area contributed by atoms with E-state index in [0.29, 0.717) is 12.6 Å². The SMILES string of the molecule is CC1NC(CN)C2OC(C)(C)OC12. The molecule has 0 amide bonds. The molecular weight excluding hydrogens is 168 g/mol. The first-order valence-corrected chi connectivity index (χ1v) is 4.85. The number of rotatable bonds is 1. The van der Waals surface area contributed by atoms with Crippen LogP contribution in [0.2, 0.25) is 0 Å². The van der Waals surface area contributed by atoms with Gasteiger partial charge in [-0.3, -0.25) is 0 Å². The van der Waals surface area contributed by atoms with E-state index >= 15 is 0 Å². The van der Waals surface area contributed by atoms with Crippen LogP contribution in [0.15, 0.2) is 0 Å². The zero-order valence-electron chi connectivity index (χ0n) is 8.41. The fourth-order valence-corrected chi connectivity index (χ4v) is 2.24. The average molecular weight is 186 g/mol. The molecule has 76 valence electrons. The molecule has 13 heavy (non-hydrogen) atoms. The van der Waals surface area contributed by atoms with Gasteiger partial charge < -0.3 is 20.5 Å². The molecule has 0 aromatic rings. The predicted octanol–water partition coefficient (Wildman–Crippen LogP) is -0.174. The first-order valence-electron chi connectivity index (χ1n) is 4.85. The van der Waals surface area contributed by atoms with Gasteiger partial charge in [-0.05, 0) is 20.8 Å². The summed E-state index contributed by atoms with van der Waals surface area (Å²) in [4.78, 5) is 0. The Labute approximate surface area is 78.8 Å². The molecule has 2 fully saturated rings. The van der Waals surface area contributed by atoms with Crippen LogP contribution in [0.4, 0.5) is 0 Å². The van der Waals surface area contributed by atoms with Crippen molar-refractivity contribution in [2.45, 2.75) is 50.8 Å². The van der Waals surface area contributed by atoms with Gasteiger partial charge in [-0.2, -0.15) is 0 Å². The molecule has 0 aliphatic carbocycles. The molecule has 0 aromatic heterocycles. The number of hydrogen-bond donors (Lipinski definition) is 2. The second kappa shape index (κ2) is 2.92. The van der Waals surface area contributed by atoms with E-state index in [9.17, 15) is 0 Å². The molecule has 2 aliphatic heterocycles. The van der Waals surface area contributed by atoms with E-state index in [1.54, 1.807) is 0 Å². The van der Waals surface area contributed by atoms with Gasteiger partial charge in [-0.25, -0.2) is 0 Å². The Hall–Kier alpha value is -0.160. The highest BCUT2D eigenvalue weighted by atomic mass is 16.8. The predicted molar refractivity (Wildman–Crippen MR) is 49.3 cm³/mol. The van der Waals surface area contributed by atoms with Crippen LogP contribution in [0.5, 0.6) is 0 Å². The minimum absolute atomic E-state index is 0.120. The van der Waals surface area contributed by atoms with Crippen LogP contribution in [0.3, 0.4) is 0 Å². The van der Waals surface area contributed by atoms with E-state index < -0.39 is 5.79 Å². The molecule has 0 bridgehead atoms. The van der Waals surface area contributed by atoms with Crippen molar-refractivity contribution in [2.24, 2.45) is 5.73 Å². The molecule has 2 saturated heterocycles. The first kappa shape index (κ1) is 9.40. The van der Waals surface area contributed by atoms with Gasteiger partial charge in [0.05, 0.1) is 0 Å². The Morgan fingerprint density at radius 1 is 1.31 bits per heavy atom. The second-order valence-electron chi connectivity index (χ2n) is 4.36. The topological polar surface area (TPSA) is 56.5 Å². The van der Waals surface area contributed by atoms with Gasteiger partial charge in [0.15, 0.2) is 5.79 Å². The average Bonchev–Trinajstić information content (AvgIpc) is 2.47. The maximum absolute atomic E-state index is 5.78. The minimum Gasteiger partial charge on any atom is -0.343 e. The Balaban J connectivity index is 2.12. The molecule has 2 heterocycles. The smallest absolute Gasteiger partial charge is 0.163 e. The quantitative estimate of drug-likeness (QED) is 0.597. The highest BCUT2D eigenvalue weighted by Gasteiger charge is 2.51. The minimum atomic E-state index is -0.445. The van der Waals surface area contributed by atoms with Crippen LogP contribution in [-0.2, 0) is 9.47 Å². The van der Waals surface area contributed by atoms with Crippen LogP contribution < -0.4 is 11.1 Å². The molecule has 4 atom stereocenters. The van der Waals surface area contributed by atoms with Crippen molar-refractivity contribution in [3.63, 3.8) is 0 Å². The Bertz CT molecular complexity index is 208. The van der Waals surface area contributed by atoms with Crippen LogP contribution in [-0.4, -0.2) is 36.6 Å². The summed E-state index contributed by atoms with van der Waals surface area (Å²) in [6, 6.07) is 0.571. The van der Waals surface area contributed by atoms with E-state index in [2.05, 4.69) is 12.2 Å². The van der Waals surface area contributed by atoms with Crippen molar-refractivity contribution in [2.75, 3.05) is 6.54 Å². The summed E-state index contributed by atoms with van der Waals surface area (Å²) in [6.45, 7) is 6.61. The number of ether oxygens (including phenoxy) is 2. The third-order valence-electron chi connectivity index (χ3n) is 2.78. The molecule has 4 heteroatoms. The summed E-state index contributed by atoms with van der Waals surface area (Å²) >= 11 is 0. The lowest BCUT2D eigenvalue weighted by atomic mass is 10.1. The third-order valence-corrected chi connectivity index (χ3v) is 2.78. The maximum Gasteiger partial charge on any atom is 0.163 e. The van der Waals surface area contributed by atoms with Crippen LogP contribution in [0.25, 0.3) is 0 Å². The van der Waals surface area contributed by atoms with Crippen LogP contribution in [0, 0.1) is 0 Å². The van der Waals surface area contributed by atoms with E-state index in [1.807, 2.05) is 13.8 Å². The Morgan fingerprint density at radius 2 is 1.92 bits per heavy atom. The molecule has 2 rings (SSSR count). The third kappa shape index (κ3) is 1.48. The van der Waals surface area contributed by atoms with E-state index in [-0.39, 0.29) is 18.2 Å². The highest BCUT2D eigenvalue weighted by Crippen LogP contribution is 2.35. The van der Waals surface area contributed by atoms with Gasteiger partial charge >= 0.3 is 0 Å². The number of fused-ring (bicyclic) bond motifs is 1. The molecule has 2 aliphatic rings. The van der Waals surface area contributed by atoms with Gasteiger partial charge in [-0.1, -0.05) is 0 Å². The van der Waals surface area contributed by atoms with Gasteiger partial charge in [0.2, 0.25) is 0 Å². The maximum atomic E-state index is 5.78. The second-order valence-corrected chi connectivity index (χ2v) is 4.36. The summed E-state index contributed by atoms with van der Waals surface area (Å²) in [5.41, 5.74) is 5.64. The Kier molecular flexibility index (Phi) is 2.11. The standard InChI is InChI=1S/C9H18N2O2/c1-5-7-8(6(4-10)11-5)13-9(2,3)12-7/h5-8,11H,4,10H2,1-3H3. The van der Waals surface area contributed by atoms with E-state index in [0.717, 1.165) is 0 Å². The highest BCUT2D eigenvalue weighted by molar-refractivity contribution is 5.02. The Morgan fingerprint density at radius 3 is 2.54 bits per heavy atom. The van der Waals surface area contributed by atoms with Gasteiger partial charge in [-0.15, -0.1) is 0 Å². The molecule has 3 N–H and O–H groups in total. The van der Waals surface area contributed by atoms with Gasteiger partial charge in [0, 0.05) is 18.6 Å². The zero-order chi connectivity index (χ0) is 9.64. The molecule has 4 unspecified atom stereocenters. The fourth-order valence-electron chi connectivity index (χ4n) is 2.24. The number of nitrogens with two attached hydrogens (primary N) is 1. The van der Waals surface area contributed by atoms with Gasteiger partial charge in [0.25, 0.3) is 0 Å². The fraction of sp³-hybridized carbons (Fsp3) is 1.00. The van der Waals surface area contributed by atoms with Crippen LogP contribution >= 0.6 is 0 Å². The van der Waals surface area contributed by atoms with Crippen molar-refractivity contribution in [3.8, 4) is 0 Å². The van der Waals surface area contributed by atoms with Gasteiger partial charge in [0.1, 0.15) is 12.2 Å². The van der Waals surface area contributed by atoms with Crippen LogP contribution in [0.1, 0.15) is 20.8 Å². The normalized spacial score (nSPS) is 48.0. The largest absolute Gasteiger partial charge is 0.343 e. The number of hydrogen-bond acceptors (Lipinski definition) is 4. The molecule has 0 saturated carbocycles. The van der Waals surface area contributed by atoms with E-state index in [4.69, 9.17) is 15.2 Å². The van der Waals surface area contributed by atoms with Crippen molar-refractivity contribution in [3.05, 3.63) is 0 Å². The van der Waals surface area contributed by atoms with Crippen molar-refractivity contribution in [1.29, 1.82) is 0 Å². The summed E-state index contributed by atoms with van der Waals surface area (Å²) < 4.78 is 11.6. The van der Waals surface area contributed by atoms with Crippen molar-refractivity contribution >= 4 is 0 Å². The molecular formula is C9H18N2O2. The lowest BCUT2D eigenvalue weighted by molar-refractivity contribution is -0.155.